The second-order valence-electron chi connectivity index (χ2n) is 4.11. The van der Waals surface area contributed by atoms with Gasteiger partial charge in [0, 0.05) is 26.2 Å². The number of nitrogens with zero attached hydrogens (tertiary/aromatic N) is 2. The summed E-state index contributed by atoms with van der Waals surface area (Å²) >= 11 is 0. The van der Waals surface area contributed by atoms with Crippen LogP contribution >= 0.6 is 0 Å². The van der Waals surface area contributed by atoms with Crippen molar-refractivity contribution in [3.8, 4) is 0 Å². The van der Waals surface area contributed by atoms with Gasteiger partial charge in [-0.05, 0) is 0 Å². The molecule has 8 nitrogen and oxygen atoms in total. The van der Waals surface area contributed by atoms with Gasteiger partial charge in [0.2, 0.25) is 5.91 Å². The molecule has 1 rings (SSSR count). The minimum Gasteiger partial charge on any atom is -0.481 e. The van der Waals surface area contributed by atoms with Gasteiger partial charge >= 0.3 is 5.97 Å². The molecule has 1 amide bonds. The average Bonchev–Trinajstić information content (AvgIpc) is 2.32. The third-order valence-corrected chi connectivity index (χ3v) is 5.18. The van der Waals surface area contributed by atoms with Crippen LogP contribution in [0, 0.1) is 0 Å². The lowest BCUT2D eigenvalue weighted by Gasteiger charge is -2.36. The minimum absolute atomic E-state index is 0.0858. The first kappa shape index (κ1) is 15.9. The Morgan fingerprint density at radius 3 is 2.53 bits per heavy atom. The van der Waals surface area contributed by atoms with E-state index in [0.29, 0.717) is 0 Å². The van der Waals surface area contributed by atoms with Crippen molar-refractivity contribution < 1.29 is 23.1 Å². The summed E-state index contributed by atoms with van der Waals surface area (Å²) in [5, 5.41) is 11.3. The van der Waals surface area contributed by atoms with Crippen LogP contribution in [0.5, 0.6) is 0 Å². The van der Waals surface area contributed by atoms with E-state index >= 15 is 0 Å². The smallest absolute Gasteiger partial charge is 0.305 e. The molecule has 1 aliphatic rings. The molecule has 0 spiro atoms. The molecule has 1 fully saturated rings. The van der Waals surface area contributed by atoms with Gasteiger partial charge < -0.3 is 10.4 Å². The van der Waals surface area contributed by atoms with Crippen LogP contribution in [0.4, 0.5) is 0 Å². The number of piperazine rings is 1. The lowest BCUT2D eigenvalue weighted by atomic mass is 10.1. The first-order valence-electron chi connectivity index (χ1n) is 6.11. The molecule has 0 aromatic rings. The van der Waals surface area contributed by atoms with Gasteiger partial charge in [-0.15, -0.1) is 0 Å². The lowest BCUT2D eigenvalue weighted by Crippen LogP contribution is -2.60. The Kier molecular flexibility index (Phi) is 5.27. The van der Waals surface area contributed by atoms with Crippen molar-refractivity contribution >= 4 is 22.1 Å². The number of rotatable bonds is 6. The summed E-state index contributed by atoms with van der Waals surface area (Å²) in [6.07, 6.45) is -0.535. The molecule has 19 heavy (non-hydrogen) atoms. The number of carbonyl (C=O) groups is 2. The van der Waals surface area contributed by atoms with E-state index in [4.69, 9.17) is 5.11 Å². The summed E-state index contributed by atoms with van der Waals surface area (Å²) < 4.78 is 26.9. The summed E-state index contributed by atoms with van der Waals surface area (Å²) in [6, 6.07) is -1.18. The Labute approximate surface area is 112 Å². The van der Waals surface area contributed by atoms with E-state index < -0.39 is 34.5 Å². The number of nitrogens with one attached hydrogen (secondary N) is 1. The van der Waals surface area contributed by atoms with E-state index in [1.807, 2.05) is 0 Å². The largest absolute Gasteiger partial charge is 0.481 e. The van der Waals surface area contributed by atoms with Crippen LogP contribution in [-0.2, 0) is 19.8 Å². The van der Waals surface area contributed by atoms with E-state index in [-0.39, 0.29) is 26.2 Å². The average molecular weight is 293 g/mol. The number of amides is 1. The van der Waals surface area contributed by atoms with E-state index in [0.717, 1.165) is 4.31 Å². The molecule has 1 heterocycles. The zero-order chi connectivity index (χ0) is 14.6. The molecule has 1 aliphatic heterocycles. The Bertz CT molecular complexity index is 446. The van der Waals surface area contributed by atoms with Gasteiger partial charge in [-0.3, -0.25) is 9.59 Å². The normalized spacial score (nSPS) is 21.4. The fraction of sp³-hybridized carbons (Fsp3) is 0.800. The number of aliphatic carboxylic acids is 1. The van der Waals surface area contributed by atoms with Gasteiger partial charge in [0.15, 0.2) is 0 Å². The second kappa shape index (κ2) is 6.31. The maximum absolute atomic E-state index is 12.4. The molecule has 1 atom stereocenters. The van der Waals surface area contributed by atoms with Crippen molar-refractivity contribution in [3.05, 3.63) is 0 Å². The molecule has 0 aromatic carbocycles. The van der Waals surface area contributed by atoms with Crippen molar-refractivity contribution in [1.82, 2.24) is 13.9 Å². The Morgan fingerprint density at radius 2 is 2.05 bits per heavy atom. The van der Waals surface area contributed by atoms with E-state index in [1.165, 1.54) is 4.31 Å². The SMILES string of the molecule is CCN(CC)S(=O)(=O)N1CCNC(=O)C1CC(=O)O. The van der Waals surface area contributed by atoms with Crippen molar-refractivity contribution in [2.75, 3.05) is 26.2 Å². The van der Waals surface area contributed by atoms with E-state index in [9.17, 15) is 18.0 Å². The Hall–Kier alpha value is -1.19. The molecule has 0 radical (unpaired) electrons. The summed E-state index contributed by atoms with van der Waals surface area (Å²) in [4.78, 5) is 22.5. The summed E-state index contributed by atoms with van der Waals surface area (Å²) in [5.74, 6) is -1.77. The highest BCUT2D eigenvalue weighted by Crippen LogP contribution is 2.17. The topological polar surface area (TPSA) is 107 Å². The quantitative estimate of drug-likeness (QED) is 0.643. The summed E-state index contributed by atoms with van der Waals surface area (Å²) in [5.41, 5.74) is 0. The molecule has 0 saturated carbocycles. The molecule has 110 valence electrons. The standard InChI is InChI=1S/C10H19N3O5S/c1-3-12(4-2)19(17,18)13-6-5-11-10(16)8(13)7-9(14)15/h8H,3-7H2,1-2H3,(H,11,16)(H,14,15). The van der Waals surface area contributed by atoms with Crippen LogP contribution in [0.2, 0.25) is 0 Å². The van der Waals surface area contributed by atoms with Crippen molar-refractivity contribution in [2.24, 2.45) is 0 Å². The third-order valence-electron chi connectivity index (χ3n) is 2.98. The maximum Gasteiger partial charge on any atom is 0.305 e. The molecule has 2 N–H and O–H groups in total. The van der Waals surface area contributed by atoms with E-state index in [1.54, 1.807) is 13.8 Å². The molecule has 0 aliphatic carbocycles. The van der Waals surface area contributed by atoms with Crippen molar-refractivity contribution in [3.63, 3.8) is 0 Å². The van der Waals surface area contributed by atoms with Crippen molar-refractivity contribution in [2.45, 2.75) is 26.3 Å². The molecule has 1 unspecified atom stereocenters. The van der Waals surface area contributed by atoms with Gasteiger partial charge in [-0.25, -0.2) is 0 Å². The first-order valence-corrected chi connectivity index (χ1v) is 7.50. The molecule has 1 saturated heterocycles. The Morgan fingerprint density at radius 1 is 1.47 bits per heavy atom. The second-order valence-corrected chi connectivity index (χ2v) is 5.99. The predicted molar refractivity (Wildman–Crippen MR) is 67.6 cm³/mol. The number of hydrogen-bond donors (Lipinski definition) is 2. The van der Waals surface area contributed by atoms with Gasteiger partial charge in [-0.2, -0.15) is 17.0 Å². The highest BCUT2D eigenvalue weighted by Gasteiger charge is 2.40. The van der Waals surface area contributed by atoms with Crippen LogP contribution in [0.3, 0.4) is 0 Å². The van der Waals surface area contributed by atoms with Gasteiger partial charge in [0.05, 0.1) is 6.42 Å². The third kappa shape index (κ3) is 3.43. The molecular weight excluding hydrogens is 274 g/mol. The highest BCUT2D eigenvalue weighted by molar-refractivity contribution is 7.86. The van der Waals surface area contributed by atoms with Crippen molar-refractivity contribution in [1.29, 1.82) is 0 Å². The zero-order valence-corrected chi connectivity index (χ0v) is 11.8. The fourth-order valence-corrected chi connectivity index (χ4v) is 3.79. The monoisotopic (exact) mass is 293 g/mol. The van der Waals surface area contributed by atoms with Crippen LogP contribution in [0.25, 0.3) is 0 Å². The number of hydrogen-bond acceptors (Lipinski definition) is 4. The molecule has 0 aromatic heterocycles. The number of carboxylic acid groups (broad SMARTS) is 1. The molecular formula is C10H19N3O5S. The van der Waals surface area contributed by atoms with Crippen LogP contribution < -0.4 is 5.32 Å². The predicted octanol–water partition coefficient (Wildman–Crippen LogP) is -1.15. The van der Waals surface area contributed by atoms with Crippen LogP contribution in [0.15, 0.2) is 0 Å². The first-order chi connectivity index (χ1) is 8.84. The summed E-state index contributed by atoms with van der Waals surface area (Å²) in [6.45, 7) is 4.21. The molecule has 0 bridgehead atoms. The lowest BCUT2D eigenvalue weighted by molar-refractivity contribution is -0.141. The summed E-state index contributed by atoms with van der Waals surface area (Å²) in [7, 11) is -3.81. The highest BCUT2D eigenvalue weighted by atomic mass is 32.2. The van der Waals surface area contributed by atoms with Crippen LogP contribution in [-0.4, -0.2) is 66.2 Å². The van der Waals surface area contributed by atoms with E-state index in [2.05, 4.69) is 5.32 Å². The van der Waals surface area contributed by atoms with Crippen LogP contribution in [0.1, 0.15) is 20.3 Å². The maximum atomic E-state index is 12.4. The Balaban J connectivity index is 3.06. The number of carbonyl (C=O) groups excluding carboxylic acids is 1. The fourth-order valence-electron chi connectivity index (χ4n) is 2.03. The van der Waals surface area contributed by atoms with Gasteiger partial charge in [0.25, 0.3) is 10.2 Å². The molecule has 9 heteroatoms. The van der Waals surface area contributed by atoms with Gasteiger partial charge in [0.1, 0.15) is 6.04 Å². The number of carboxylic acids is 1. The minimum atomic E-state index is -3.81. The van der Waals surface area contributed by atoms with Gasteiger partial charge in [-0.1, -0.05) is 13.8 Å². The zero-order valence-electron chi connectivity index (χ0n) is 11.0.